The summed E-state index contributed by atoms with van der Waals surface area (Å²) in [6.45, 7) is 12.6. The largest absolute Gasteiger partial charge is 0.465 e. The van der Waals surface area contributed by atoms with E-state index in [0.717, 1.165) is 0 Å². The summed E-state index contributed by atoms with van der Waals surface area (Å²) in [7, 11) is 1.24. The van der Waals surface area contributed by atoms with E-state index in [1.807, 2.05) is 13.8 Å². The zero-order valence-electron chi connectivity index (χ0n) is 18.2. The summed E-state index contributed by atoms with van der Waals surface area (Å²) in [5, 5.41) is 16.7. The molecule has 3 aromatic rings. The molecular weight excluding hydrogens is 414 g/mol. The molecule has 3 rings (SSSR count). The molecule has 0 saturated heterocycles. The van der Waals surface area contributed by atoms with Gasteiger partial charge in [0.15, 0.2) is 17.3 Å². The molecule has 3 aromatic heterocycles. The number of methoxy groups -OCH3 is 1. The molecular formula is C19H23N11O2. The summed E-state index contributed by atoms with van der Waals surface area (Å²) in [5.41, 5.74) is 6.88. The molecule has 3 heterocycles. The minimum atomic E-state index is -0.650. The zero-order chi connectivity index (χ0) is 23.7. The van der Waals surface area contributed by atoms with Gasteiger partial charge in [0.05, 0.1) is 19.0 Å². The van der Waals surface area contributed by atoms with Crippen LogP contribution in [0.1, 0.15) is 29.9 Å². The lowest BCUT2D eigenvalue weighted by atomic mass is 10.3. The van der Waals surface area contributed by atoms with Crippen molar-refractivity contribution in [3.63, 3.8) is 0 Å². The van der Waals surface area contributed by atoms with Gasteiger partial charge in [0.2, 0.25) is 0 Å². The van der Waals surface area contributed by atoms with Gasteiger partial charge in [-0.15, -0.1) is 10.2 Å². The van der Waals surface area contributed by atoms with E-state index in [0.29, 0.717) is 5.69 Å². The Balaban J connectivity index is 0.00000176. The van der Waals surface area contributed by atoms with Gasteiger partial charge in [-0.05, 0) is 19.7 Å². The molecule has 0 aliphatic heterocycles. The molecule has 0 atom stereocenters. The Morgan fingerprint density at radius 3 is 2.53 bits per heavy atom. The highest BCUT2D eigenvalue weighted by Gasteiger charge is 2.21. The molecule has 0 aliphatic rings. The topological polar surface area (TPSA) is 163 Å². The summed E-state index contributed by atoms with van der Waals surface area (Å²) in [5.74, 6) is -0.168. The zero-order valence-corrected chi connectivity index (χ0v) is 18.2. The third-order valence-corrected chi connectivity index (χ3v) is 3.74. The Labute approximate surface area is 184 Å². The van der Waals surface area contributed by atoms with Crippen molar-refractivity contribution in [1.82, 2.24) is 29.5 Å². The highest BCUT2D eigenvalue weighted by atomic mass is 16.5. The average Bonchev–Trinajstić information content (AvgIpc) is 3.38. The number of carbonyl (C=O) groups excluding carboxylic acids is 1. The molecule has 0 bridgehead atoms. The van der Waals surface area contributed by atoms with Gasteiger partial charge in [-0.25, -0.2) is 24.7 Å². The second kappa shape index (κ2) is 11.0. The van der Waals surface area contributed by atoms with E-state index in [-0.39, 0.29) is 34.8 Å². The van der Waals surface area contributed by atoms with Crippen LogP contribution in [0, 0.1) is 6.92 Å². The van der Waals surface area contributed by atoms with Gasteiger partial charge in [0.25, 0.3) is 11.9 Å². The highest BCUT2D eigenvalue weighted by Crippen LogP contribution is 2.30. The smallest absolute Gasteiger partial charge is 0.343 e. The summed E-state index contributed by atoms with van der Waals surface area (Å²) < 4.78 is 7.28. The van der Waals surface area contributed by atoms with E-state index in [4.69, 9.17) is 10.5 Å². The van der Waals surface area contributed by atoms with E-state index >= 15 is 0 Å². The predicted octanol–water partition coefficient (Wildman–Crippen LogP) is 3.03. The predicted molar refractivity (Wildman–Crippen MR) is 120 cm³/mol. The van der Waals surface area contributed by atoms with Crippen molar-refractivity contribution in [3.05, 3.63) is 48.7 Å². The lowest BCUT2D eigenvalue weighted by molar-refractivity contribution is 0.0601. The van der Waals surface area contributed by atoms with E-state index in [1.54, 1.807) is 13.0 Å². The van der Waals surface area contributed by atoms with Gasteiger partial charge in [0.1, 0.15) is 5.56 Å². The lowest BCUT2D eigenvalue weighted by Gasteiger charge is -2.03. The number of azo groups is 1. The molecule has 0 spiro atoms. The molecule has 0 saturated carbocycles. The van der Waals surface area contributed by atoms with Crippen molar-refractivity contribution in [2.45, 2.75) is 20.8 Å². The van der Waals surface area contributed by atoms with Crippen LogP contribution in [0.4, 0.5) is 17.3 Å². The number of aromatic nitrogens is 6. The highest BCUT2D eigenvalue weighted by molar-refractivity contribution is 5.94. The van der Waals surface area contributed by atoms with Gasteiger partial charge in [-0.3, -0.25) is 0 Å². The van der Waals surface area contributed by atoms with Crippen LogP contribution in [0.5, 0.6) is 0 Å². The number of anilines is 1. The molecule has 0 amide bonds. The summed E-state index contributed by atoms with van der Waals surface area (Å²) >= 11 is 0. The molecule has 0 radical (unpaired) electrons. The second-order valence-electron chi connectivity index (χ2n) is 5.53. The molecule has 2 N–H and O–H groups in total. The number of nitrogens with zero attached hydrogens (tertiary/aromatic N) is 10. The second-order valence-corrected chi connectivity index (χ2v) is 5.53. The number of hydrogen-bond donors (Lipinski definition) is 1. The van der Waals surface area contributed by atoms with E-state index in [9.17, 15) is 4.79 Å². The van der Waals surface area contributed by atoms with Crippen molar-refractivity contribution in [2.24, 2.45) is 20.2 Å². The monoisotopic (exact) mass is 437 g/mol. The first-order chi connectivity index (χ1) is 15.5. The number of carbonyl (C=O) groups is 1. The lowest BCUT2D eigenvalue weighted by Crippen LogP contribution is -2.13. The van der Waals surface area contributed by atoms with Gasteiger partial charge in [-0.2, -0.15) is 19.6 Å². The Hall–Kier alpha value is -4.55. The first-order valence-electron chi connectivity index (χ1n) is 9.38. The Morgan fingerprint density at radius 1 is 1.25 bits per heavy atom. The third-order valence-electron chi connectivity index (χ3n) is 3.74. The molecule has 0 aromatic carbocycles. The van der Waals surface area contributed by atoms with Crippen molar-refractivity contribution in [2.75, 3.05) is 12.8 Å². The summed E-state index contributed by atoms with van der Waals surface area (Å²) in [6.07, 6.45) is 5.62. The standard InChI is InChI=1S/C17H17N11O2.C2H6/c1-5-20-16(19-3)27-13(18)12(10(2)26-27)24-25-14-11(15(29)30-4)9-23-28(14)17-21-7-6-8-22-17;1-2/h5-9H,1,3,18H2,2,4H3;1-2H3. The van der Waals surface area contributed by atoms with Crippen LogP contribution in [0.2, 0.25) is 0 Å². The van der Waals surface area contributed by atoms with E-state index in [2.05, 4.69) is 53.7 Å². The molecule has 13 heteroatoms. The molecule has 32 heavy (non-hydrogen) atoms. The van der Waals surface area contributed by atoms with Crippen LogP contribution >= 0.6 is 0 Å². The van der Waals surface area contributed by atoms with Crippen LogP contribution in [0.3, 0.4) is 0 Å². The van der Waals surface area contributed by atoms with Crippen molar-refractivity contribution < 1.29 is 9.53 Å². The first-order valence-corrected chi connectivity index (χ1v) is 9.38. The maximum absolute atomic E-state index is 12.1. The van der Waals surface area contributed by atoms with Crippen LogP contribution < -0.4 is 5.73 Å². The van der Waals surface area contributed by atoms with Gasteiger partial charge in [-0.1, -0.05) is 20.4 Å². The summed E-state index contributed by atoms with van der Waals surface area (Å²) in [4.78, 5) is 28.0. The van der Waals surface area contributed by atoms with Gasteiger partial charge < -0.3 is 10.5 Å². The van der Waals surface area contributed by atoms with Gasteiger partial charge >= 0.3 is 5.97 Å². The number of nitrogen functional groups attached to an aromatic ring is 1. The SMILES string of the molecule is C=CN=C(N=C)n1nc(C)c(N=Nc2c(C(=O)OC)cnn2-c2ncccn2)c1N.CC. The van der Waals surface area contributed by atoms with Crippen molar-refractivity contribution >= 4 is 36.0 Å². The molecule has 0 unspecified atom stereocenters. The number of esters is 1. The van der Waals surface area contributed by atoms with Crippen LogP contribution in [-0.2, 0) is 4.74 Å². The quantitative estimate of drug-likeness (QED) is 0.277. The van der Waals surface area contributed by atoms with Crippen LogP contribution in [0.25, 0.3) is 5.95 Å². The van der Waals surface area contributed by atoms with Crippen LogP contribution in [-0.4, -0.2) is 55.3 Å². The number of aliphatic imine (C=N–C) groups is 2. The van der Waals surface area contributed by atoms with Gasteiger partial charge in [0, 0.05) is 18.6 Å². The number of aryl methyl sites for hydroxylation is 1. The van der Waals surface area contributed by atoms with E-state index < -0.39 is 5.97 Å². The molecule has 0 aliphatic carbocycles. The average molecular weight is 437 g/mol. The maximum Gasteiger partial charge on any atom is 0.343 e. The fraction of sp³-hybridized carbons (Fsp3) is 0.211. The molecule has 13 nitrogen and oxygen atoms in total. The third kappa shape index (κ3) is 4.77. The Morgan fingerprint density at radius 2 is 1.94 bits per heavy atom. The maximum atomic E-state index is 12.1. The normalized spacial score (nSPS) is 11.1. The number of hydrogen-bond acceptors (Lipinski definition) is 10. The first kappa shape index (κ1) is 23.7. The molecule has 166 valence electrons. The fourth-order valence-electron chi connectivity index (χ4n) is 2.39. The van der Waals surface area contributed by atoms with Crippen LogP contribution in [0.15, 0.2) is 57.6 Å². The Bertz CT molecular complexity index is 1160. The van der Waals surface area contributed by atoms with E-state index in [1.165, 1.54) is 41.3 Å². The minimum Gasteiger partial charge on any atom is -0.465 e. The number of rotatable bonds is 5. The number of nitrogens with two attached hydrogens (primary N) is 1. The van der Waals surface area contributed by atoms with Crippen molar-refractivity contribution in [3.8, 4) is 5.95 Å². The minimum absolute atomic E-state index is 0.0569. The van der Waals surface area contributed by atoms with Crippen molar-refractivity contribution in [1.29, 1.82) is 0 Å². The fourth-order valence-corrected chi connectivity index (χ4v) is 2.39. The molecule has 0 fully saturated rings. The summed E-state index contributed by atoms with van der Waals surface area (Å²) in [6, 6.07) is 1.64. The Kier molecular flexibility index (Phi) is 8.16. The number of ether oxygens (including phenoxy) is 1.